The van der Waals surface area contributed by atoms with Gasteiger partial charge in [-0.2, -0.15) is 8.75 Å². The number of nitrogens with one attached hydrogen (secondary N) is 1. The summed E-state index contributed by atoms with van der Waals surface area (Å²) in [4.78, 5) is 0. The molecule has 0 amide bonds. The fourth-order valence-electron chi connectivity index (χ4n) is 2.12. The molecule has 0 bridgehead atoms. The van der Waals surface area contributed by atoms with Crippen LogP contribution in [0.3, 0.4) is 0 Å². The van der Waals surface area contributed by atoms with E-state index in [-0.39, 0.29) is 17.5 Å². The van der Waals surface area contributed by atoms with Gasteiger partial charge in [-0.1, -0.05) is 23.2 Å². The molecule has 102 valence electrons. The molecule has 19 heavy (non-hydrogen) atoms. The van der Waals surface area contributed by atoms with E-state index in [2.05, 4.69) is 14.1 Å². The first-order valence-electron chi connectivity index (χ1n) is 5.53. The zero-order valence-corrected chi connectivity index (χ0v) is 12.7. The molecule has 5 nitrogen and oxygen atoms in total. The Hall–Kier alpha value is -0.630. The van der Waals surface area contributed by atoms with Crippen LogP contribution in [0.25, 0.3) is 11.0 Å². The van der Waals surface area contributed by atoms with Crippen LogP contribution in [0.5, 0.6) is 0 Å². The molecule has 1 atom stereocenters. The summed E-state index contributed by atoms with van der Waals surface area (Å²) in [5, 5.41) is 4.02. The van der Waals surface area contributed by atoms with Gasteiger partial charge in [-0.25, -0.2) is 8.42 Å². The van der Waals surface area contributed by atoms with Gasteiger partial charge in [0.05, 0.1) is 39.0 Å². The second-order valence-electron chi connectivity index (χ2n) is 4.42. The van der Waals surface area contributed by atoms with Crippen molar-refractivity contribution in [3.05, 3.63) is 16.1 Å². The van der Waals surface area contributed by atoms with Gasteiger partial charge in [0.25, 0.3) is 0 Å². The fourth-order valence-corrected chi connectivity index (χ4v) is 4.96. The Morgan fingerprint density at radius 2 is 2.00 bits per heavy atom. The summed E-state index contributed by atoms with van der Waals surface area (Å²) in [6.45, 7) is 0. The van der Waals surface area contributed by atoms with Crippen molar-refractivity contribution >= 4 is 61.5 Å². The average Bonchev–Trinajstić information content (AvgIpc) is 2.91. The highest BCUT2D eigenvalue weighted by molar-refractivity contribution is 7.91. The van der Waals surface area contributed by atoms with Crippen LogP contribution >= 0.6 is 34.9 Å². The predicted octanol–water partition coefficient (Wildman–Crippen LogP) is 2.60. The number of rotatable bonds is 2. The summed E-state index contributed by atoms with van der Waals surface area (Å²) >= 11 is 13.2. The molecule has 0 saturated carbocycles. The van der Waals surface area contributed by atoms with Crippen molar-refractivity contribution in [2.45, 2.75) is 12.5 Å². The molecule has 1 saturated heterocycles. The number of halogens is 2. The highest BCUT2D eigenvalue weighted by atomic mass is 35.5. The predicted molar refractivity (Wildman–Crippen MR) is 78.1 cm³/mol. The number of hydrogen-bond donors (Lipinski definition) is 1. The van der Waals surface area contributed by atoms with Gasteiger partial charge in [-0.05, 0) is 12.5 Å². The van der Waals surface area contributed by atoms with Crippen LogP contribution in [-0.2, 0) is 9.84 Å². The summed E-state index contributed by atoms with van der Waals surface area (Å²) in [5.41, 5.74) is 1.78. The Balaban J connectivity index is 1.99. The van der Waals surface area contributed by atoms with Crippen molar-refractivity contribution in [1.29, 1.82) is 0 Å². The molecule has 1 N–H and O–H groups in total. The first-order valence-corrected chi connectivity index (χ1v) is 8.84. The summed E-state index contributed by atoms with van der Waals surface area (Å²) in [6.07, 6.45) is 0.570. The third kappa shape index (κ3) is 2.52. The molecule has 9 heteroatoms. The van der Waals surface area contributed by atoms with Crippen molar-refractivity contribution in [3.63, 3.8) is 0 Å². The first kappa shape index (κ1) is 13.4. The van der Waals surface area contributed by atoms with Crippen LogP contribution < -0.4 is 5.32 Å². The minimum Gasteiger partial charge on any atom is -0.378 e. The Morgan fingerprint density at radius 3 is 2.68 bits per heavy atom. The maximum atomic E-state index is 11.5. The molecule has 0 aliphatic carbocycles. The lowest BCUT2D eigenvalue weighted by atomic mass is 10.2. The van der Waals surface area contributed by atoms with Gasteiger partial charge in [0.1, 0.15) is 11.0 Å². The molecule has 1 aliphatic heterocycles. The Bertz CT molecular complexity index is 745. The maximum absolute atomic E-state index is 11.5. The van der Waals surface area contributed by atoms with Gasteiger partial charge in [0.2, 0.25) is 0 Å². The van der Waals surface area contributed by atoms with Crippen molar-refractivity contribution < 1.29 is 8.42 Å². The minimum atomic E-state index is -2.94. The monoisotopic (exact) mass is 337 g/mol. The quantitative estimate of drug-likeness (QED) is 0.911. The molecule has 2 aromatic rings. The number of aromatic nitrogens is 2. The molecule has 1 fully saturated rings. The molecule has 0 radical (unpaired) electrons. The van der Waals surface area contributed by atoms with Crippen molar-refractivity contribution in [2.24, 2.45) is 0 Å². The van der Waals surface area contributed by atoms with E-state index in [1.54, 1.807) is 6.07 Å². The van der Waals surface area contributed by atoms with E-state index in [4.69, 9.17) is 23.2 Å². The van der Waals surface area contributed by atoms with Crippen LogP contribution in [0.1, 0.15) is 6.42 Å². The number of sulfone groups is 1. The Kier molecular flexibility index (Phi) is 3.33. The van der Waals surface area contributed by atoms with Gasteiger partial charge in [0.15, 0.2) is 9.84 Å². The van der Waals surface area contributed by atoms with Crippen LogP contribution in [0, 0.1) is 0 Å². The summed E-state index contributed by atoms with van der Waals surface area (Å²) in [7, 11) is -2.94. The van der Waals surface area contributed by atoms with E-state index >= 15 is 0 Å². The lowest BCUT2D eigenvalue weighted by molar-refractivity contribution is 0.602. The zero-order valence-electron chi connectivity index (χ0n) is 9.56. The smallest absolute Gasteiger partial charge is 0.152 e. The van der Waals surface area contributed by atoms with Gasteiger partial charge in [-0.15, -0.1) is 0 Å². The van der Waals surface area contributed by atoms with Gasteiger partial charge in [0, 0.05) is 6.04 Å². The summed E-state index contributed by atoms with van der Waals surface area (Å²) < 4.78 is 31.2. The first-order chi connectivity index (χ1) is 8.96. The van der Waals surface area contributed by atoms with Gasteiger partial charge in [-0.3, -0.25) is 0 Å². The normalized spacial score (nSPS) is 21.9. The van der Waals surface area contributed by atoms with E-state index in [1.807, 2.05) is 0 Å². The number of nitrogens with zero attached hydrogens (tertiary/aromatic N) is 2. The van der Waals surface area contributed by atoms with Crippen LogP contribution in [0.15, 0.2) is 6.07 Å². The highest BCUT2D eigenvalue weighted by Crippen LogP contribution is 2.36. The lowest BCUT2D eigenvalue weighted by Crippen LogP contribution is -2.21. The molecule has 0 spiro atoms. The molecule has 1 unspecified atom stereocenters. The molecular formula is C10H9Cl2N3O2S2. The van der Waals surface area contributed by atoms with E-state index < -0.39 is 9.84 Å². The standard InChI is InChI=1S/C10H9Cl2N3O2S2/c11-6-3-7(12)9-10(15-18-14-9)8(6)13-5-1-2-19(16,17)4-5/h3,5,13H,1-2,4H2. The maximum Gasteiger partial charge on any atom is 0.152 e. The van der Waals surface area contributed by atoms with Gasteiger partial charge < -0.3 is 5.32 Å². The topological polar surface area (TPSA) is 72.0 Å². The molecule has 3 rings (SSSR count). The number of benzene rings is 1. The SMILES string of the molecule is O=S1(=O)CCC(Nc2c(Cl)cc(Cl)c3nsnc23)C1. The molecule has 2 heterocycles. The summed E-state index contributed by atoms with van der Waals surface area (Å²) in [5.74, 6) is 0.319. The second kappa shape index (κ2) is 4.73. The molecular weight excluding hydrogens is 329 g/mol. The third-order valence-corrected chi connectivity index (χ3v) is 5.91. The molecule has 1 aliphatic rings. The minimum absolute atomic E-state index is 0.116. The Morgan fingerprint density at radius 1 is 1.26 bits per heavy atom. The summed E-state index contributed by atoms with van der Waals surface area (Å²) in [6, 6.07) is 1.45. The average molecular weight is 338 g/mol. The highest BCUT2D eigenvalue weighted by Gasteiger charge is 2.29. The van der Waals surface area contributed by atoms with Crippen LogP contribution in [-0.4, -0.2) is 34.7 Å². The molecule has 1 aromatic carbocycles. The Labute approximate surface area is 124 Å². The van der Waals surface area contributed by atoms with Crippen molar-refractivity contribution in [2.75, 3.05) is 16.8 Å². The van der Waals surface area contributed by atoms with Crippen molar-refractivity contribution in [1.82, 2.24) is 8.75 Å². The van der Waals surface area contributed by atoms with E-state index in [9.17, 15) is 8.42 Å². The van der Waals surface area contributed by atoms with E-state index in [0.29, 0.717) is 33.2 Å². The van der Waals surface area contributed by atoms with E-state index in [1.165, 1.54) is 0 Å². The van der Waals surface area contributed by atoms with Crippen LogP contribution in [0.4, 0.5) is 5.69 Å². The second-order valence-corrected chi connectivity index (χ2v) is 7.99. The fraction of sp³-hybridized carbons (Fsp3) is 0.400. The largest absolute Gasteiger partial charge is 0.378 e. The number of anilines is 1. The van der Waals surface area contributed by atoms with Gasteiger partial charge >= 0.3 is 0 Å². The molecule has 1 aromatic heterocycles. The number of fused-ring (bicyclic) bond motifs is 1. The zero-order chi connectivity index (χ0) is 13.6. The van der Waals surface area contributed by atoms with E-state index in [0.717, 1.165) is 11.7 Å². The lowest BCUT2D eigenvalue weighted by Gasteiger charge is -2.14. The third-order valence-electron chi connectivity index (χ3n) is 3.02. The number of hydrogen-bond acceptors (Lipinski definition) is 6. The van der Waals surface area contributed by atoms with Crippen LogP contribution in [0.2, 0.25) is 10.0 Å². The van der Waals surface area contributed by atoms with Crippen molar-refractivity contribution in [3.8, 4) is 0 Å².